The summed E-state index contributed by atoms with van der Waals surface area (Å²) in [6.07, 6.45) is 21.0. The Morgan fingerprint density at radius 3 is 2.59 bits per heavy atom. The van der Waals surface area contributed by atoms with E-state index < -0.39 is 0 Å². The van der Waals surface area contributed by atoms with Gasteiger partial charge in [0.15, 0.2) is 0 Å². The second-order valence-corrected chi connectivity index (χ2v) is 12.5. The number of rotatable bonds is 4. The fourth-order valence-corrected chi connectivity index (χ4v) is 8.09. The van der Waals surface area contributed by atoms with Gasteiger partial charge >= 0.3 is 0 Å². The van der Waals surface area contributed by atoms with Crippen LogP contribution in [0.3, 0.4) is 0 Å². The molecule has 0 amide bonds. The summed E-state index contributed by atoms with van der Waals surface area (Å²) in [7, 11) is 0. The van der Waals surface area contributed by atoms with Crippen LogP contribution in [0, 0.1) is 11.8 Å². The molecule has 4 aliphatic rings. The van der Waals surface area contributed by atoms with Crippen LogP contribution in [0.4, 0.5) is 11.4 Å². The number of aromatic nitrogens is 1. The first kappa shape index (κ1) is 24.7. The van der Waals surface area contributed by atoms with Gasteiger partial charge in [0.1, 0.15) is 0 Å². The number of allylic oxidation sites excluding steroid dienone is 6. The highest BCUT2D eigenvalue weighted by atomic mass is 15.2. The zero-order valence-corrected chi connectivity index (χ0v) is 24.1. The van der Waals surface area contributed by atoms with Crippen molar-refractivity contribution in [3.8, 4) is 0 Å². The Labute approximate surface area is 244 Å². The summed E-state index contributed by atoms with van der Waals surface area (Å²) in [5, 5.41) is 1.39. The van der Waals surface area contributed by atoms with E-state index in [-0.39, 0.29) is 0 Å². The van der Waals surface area contributed by atoms with Crippen molar-refractivity contribution >= 4 is 33.9 Å². The average molecular weight is 535 g/mol. The maximum atomic E-state index is 2.66. The van der Waals surface area contributed by atoms with Crippen LogP contribution in [0.2, 0.25) is 0 Å². The van der Waals surface area contributed by atoms with Crippen molar-refractivity contribution < 1.29 is 0 Å². The van der Waals surface area contributed by atoms with E-state index in [0.29, 0.717) is 29.8 Å². The van der Waals surface area contributed by atoms with Gasteiger partial charge in [0.05, 0.1) is 12.1 Å². The number of anilines is 2. The Kier molecular flexibility index (Phi) is 5.91. The summed E-state index contributed by atoms with van der Waals surface area (Å²) in [6, 6.07) is 28.3. The molecule has 2 heterocycles. The molecular weight excluding hydrogens is 496 g/mol. The molecule has 1 aliphatic heterocycles. The molecule has 0 saturated carbocycles. The van der Waals surface area contributed by atoms with E-state index in [9.17, 15) is 0 Å². The molecule has 204 valence electrons. The van der Waals surface area contributed by atoms with Gasteiger partial charge in [-0.05, 0) is 66.5 Å². The molecule has 8 rings (SSSR count). The Morgan fingerprint density at radius 2 is 1.76 bits per heavy atom. The van der Waals surface area contributed by atoms with Crippen molar-refractivity contribution in [1.82, 2.24) is 4.57 Å². The molecule has 5 atom stereocenters. The predicted molar refractivity (Wildman–Crippen MR) is 174 cm³/mol. The van der Waals surface area contributed by atoms with Crippen LogP contribution >= 0.6 is 0 Å². The SMILES string of the molecule is CCC1CC2C(=CC1c1ccccc1)c1ccccc1N2c1ccc2c(c1)c1c(n2C2C=CC=CC2)CC(C)C=C1. The first-order valence-corrected chi connectivity index (χ1v) is 15.5. The standard InChI is InChI=1S/C39H38N2/c1-3-27-23-39-35(25-33(27)28-12-6-4-7-13-28)31-16-10-11-17-36(31)41(39)30-19-21-37-34(24-30)32-20-18-26(2)22-38(32)40(37)29-14-8-5-9-15-29/h4-14,16-21,24-27,29,33,39H,3,15,22-23H2,1-2H3. The minimum Gasteiger partial charge on any atom is -0.337 e. The molecule has 41 heavy (non-hydrogen) atoms. The topological polar surface area (TPSA) is 8.17 Å². The maximum absolute atomic E-state index is 2.66. The lowest BCUT2D eigenvalue weighted by Crippen LogP contribution is -2.33. The number of nitrogens with zero attached hydrogens (tertiary/aromatic N) is 2. The zero-order valence-electron chi connectivity index (χ0n) is 24.1. The molecular formula is C39H38N2. The van der Waals surface area contributed by atoms with E-state index in [1.165, 1.54) is 63.1 Å². The Balaban J connectivity index is 1.27. The van der Waals surface area contributed by atoms with Crippen molar-refractivity contribution in [1.29, 1.82) is 0 Å². The molecule has 0 radical (unpaired) electrons. The van der Waals surface area contributed by atoms with Crippen LogP contribution in [0.15, 0.2) is 109 Å². The molecule has 1 aromatic heterocycles. The van der Waals surface area contributed by atoms with Gasteiger partial charge in [-0.1, -0.05) is 111 Å². The van der Waals surface area contributed by atoms with Gasteiger partial charge in [0, 0.05) is 45.0 Å². The van der Waals surface area contributed by atoms with Crippen molar-refractivity contribution in [2.45, 2.75) is 57.5 Å². The van der Waals surface area contributed by atoms with E-state index in [1.807, 2.05) is 0 Å². The van der Waals surface area contributed by atoms with Crippen molar-refractivity contribution in [3.63, 3.8) is 0 Å². The maximum Gasteiger partial charge on any atom is 0.0598 e. The van der Waals surface area contributed by atoms with Gasteiger partial charge in [0.2, 0.25) is 0 Å². The average Bonchev–Trinajstić information content (AvgIpc) is 3.52. The molecule has 0 bridgehead atoms. The largest absolute Gasteiger partial charge is 0.337 e. The molecule has 0 saturated heterocycles. The third-order valence-electron chi connectivity index (χ3n) is 10.1. The van der Waals surface area contributed by atoms with Gasteiger partial charge in [-0.3, -0.25) is 0 Å². The smallest absolute Gasteiger partial charge is 0.0598 e. The Morgan fingerprint density at radius 1 is 0.902 bits per heavy atom. The van der Waals surface area contributed by atoms with Crippen LogP contribution < -0.4 is 4.90 Å². The molecule has 3 aliphatic carbocycles. The second-order valence-electron chi connectivity index (χ2n) is 12.5. The minimum absolute atomic E-state index is 0.370. The molecule has 0 spiro atoms. The first-order chi connectivity index (χ1) is 20.2. The van der Waals surface area contributed by atoms with E-state index >= 15 is 0 Å². The van der Waals surface area contributed by atoms with Crippen molar-refractivity contribution in [2.24, 2.45) is 11.8 Å². The quantitative estimate of drug-likeness (QED) is 0.253. The summed E-state index contributed by atoms with van der Waals surface area (Å²) in [4.78, 5) is 2.66. The van der Waals surface area contributed by atoms with Gasteiger partial charge in [-0.2, -0.15) is 0 Å². The molecule has 4 aromatic rings. The van der Waals surface area contributed by atoms with E-state index in [1.54, 1.807) is 0 Å². The monoisotopic (exact) mass is 534 g/mol. The highest BCUT2D eigenvalue weighted by Gasteiger charge is 2.41. The third kappa shape index (κ3) is 3.91. The number of para-hydroxylation sites is 1. The number of fused-ring (bicyclic) bond motifs is 6. The molecule has 0 N–H and O–H groups in total. The fourth-order valence-electron chi connectivity index (χ4n) is 8.09. The van der Waals surface area contributed by atoms with Crippen LogP contribution in [0.25, 0.3) is 22.6 Å². The van der Waals surface area contributed by atoms with E-state index in [0.717, 1.165) is 12.8 Å². The van der Waals surface area contributed by atoms with Gasteiger partial charge in [-0.25, -0.2) is 0 Å². The van der Waals surface area contributed by atoms with Crippen molar-refractivity contribution in [3.05, 3.63) is 132 Å². The van der Waals surface area contributed by atoms with Crippen LogP contribution in [-0.2, 0) is 6.42 Å². The van der Waals surface area contributed by atoms with Crippen LogP contribution in [0.5, 0.6) is 0 Å². The summed E-state index contributed by atoms with van der Waals surface area (Å²) in [5.74, 6) is 1.65. The fraction of sp³-hybridized carbons (Fsp3) is 0.282. The predicted octanol–water partition coefficient (Wildman–Crippen LogP) is 10.0. The number of benzene rings is 3. The number of hydrogen-bond donors (Lipinski definition) is 0. The van der Waals surface area contributed by atoms with Gasteiger partial charge in [0.25, 0.3) is 0 Å². The third-order valence-corrected chi connectivity index (χ3v) is 10.1. The molecule has 2 heteroatoms. The highest BCUT2D eigenvalue weighted by Crippen LogP contribution is 2.53. The molecule has 0 fully saturated rings. The Hall–Kier alpha value is -4.04. The summed E-state index contributed by atoms with van der Waals surface area (Å²) < 4.78 is 2.63. The van der Waals surface area contributed by atoms with E-state index in [2.05, 4.69) is 139 Å². The van der Waals surface area contributed by atoms with Gasteiger partial charge in [-0.15, -0.1) is 0 Å². The van der Waals surface area contributed by atoms with Crippen LogP contribution in [-0.4, -0.2) is 10.6 Å². The second kappa shape index (κ2) is 9.80. The van der Waals surface area contributed by atoms with Crippen molar-refractivity contribution in [2.75, 3.05) is 4.90 Å². The van der Waals surface area contributed by atoms with E-state index in [4.69, 9.17) is 0 Å². The lowest BCUT2D eigenvalue weighted by molar-refractivity contribution is 0.400. The molecule has 2 nitrogen and oxygen atoms in total. The summed E-state index contributed by atoms with van der Waals surface area (Å²) >= 11 is 0. The normalized spacial score (nSPS) is 26.1. The summed E-state index contributed by atoms with van der Waals surface area (Å²) in [5.41, 5.74) is 11.3. The van der Waals surface area contributed by atoms with Crippen LogP contribution in [0.1, 0.15) is 67.5 Å². The zero-order chi connectivity index (χ0) is 27.5. The first-order valence-electron chi connectivity index (χ1n) is 15.5. The highest BCUT2D eigenvalue weighted by molar-refractivity contribution is 5.98. The lowest BCUT2D eigenvalue weighted by Gasteiger charge is -2.37. The Bertz CT molecular complexity index is 1750. The summed E-state index contributed by atoms with van der Waals surface area (Å²) in [6.45, 7) is 4.71. The lowest BCUT2D eigenvalue weighted by atomic mass is 9.73. The number of hydrogen-bond acceptors (Lipinski definition) is 1. The van der Waals surface area contributed by atoms with Gasteiger partial charge < -0.3 is 9.47 Å². The molecule has 5 unspecified atom stereocenters. The minimum atomic E-state index is 0.370. The molecule has 3 aromatic carbocycles.